The number of carbonyl (C=O) groups excluding carboxylic acids is 1. The minimum atomic E-state index is -0.385. The molecule has 0 radical (unpaired) electrons. The molecule has 0 aliphatic heterocycles. The molecule has 0 saturated carbocycles. The Morgan fingerprint density at radius 2 is 1.67 bits per heavy atom. The van der Waals surface area contributed by atoms with E-state index in [1.54, 1.807) is 24.3 Å². The van der Waals surface area contributed by atoms with Gasteiger partial charge < -0.3 is 10.6 Å². The lowest BCUT2D eigenvalue weighted by atomic mass is 10.2. The van der Waals surface area contributed by atoms with Crippen molar-refractivity contribution in [3.63, 3.8) is 0 Å². The molecule has 0 atom stereocenters. The third kappa shape index (κ3) is 3.92. The van der Waals surface area contributed by atoms with Crippen molar-refractivity contribution in [1.29, 1.82) is 0 Å². The summed E-state index contributed by atoms with van der Waals surface area (Å²) >= 11 is 0. The minimum Gasteiger partial charge on any atom is -0.347 e. The number of hydrogen-bond acceptors (Lipinski definition) is 4. The van der Waals surface area contributed by atoms with Gasteiger partial charge in [0.05, 0.1) is 5.69 Å². The topological polar surface area (TPSA) is 66.9 Å². The summed E-state index contributed by atoms with van der Waals surface area (Å²) in [6.07, 6.45) is 0. The van der Waals surface area contributed by atoms with Crippen LogP contribution in [0.5, 0.6) is 0 Å². The van der Waals surface area contributed by atoms with Crippen molar-refractivity contribution in [1.82, 2.24) is 15.5 Å². The van der Waals surface area contributed by atoms with Crippen LogP contribution in [0.1, 0.15) is 16.1 Å². The molecule has 0 aliphatic carbocycles. The van der Waals surface area contributed by atoms with Crippen molar-refractivity contribution in [3.05, 3.63) is 83.8 Å². The first-order valence-corrected chi connectivity index (χ1v) is 7.40. The minimum absolute atomic E-state index is 0.199. The average Bonchev–Trinajstić information content (AvgIpc) is 2.63. The first-order valence-electron chi connectivity index (χ1n) is 7.40. The van der Waals surface area contributed by atoms with Gasteiger partial charge in [-0.15, -0.1) is 10.2 Å². The van der Waals surface area contributed by atoms with Gasteiger partial charge in [-0.1, -0.05) is 42.5 Å². The number of halogens is 1. The van der Waals surface area contributed by atoms with Crippen LogP contribution in [0.25, 0.3) is 0 Å². The molecule has 120 valence electrons. The van der Waals surface area contributed by atoms with Gasteiger partial charge in [-0.3, -0.25) is 4.79 Å². The number of rotatable bonds is 5. The summed E-state index contributed by atoms with van der Waals surface area (Å²) in [7, 11) is 0. The number of aromatic nitrogens is 2. The van der Waals surface area contributed by atoms with E-state index in [0.717, 1.165) is 5.56 Å². The highest BCUT2D eigenvalue weighted by atomic mass is 19.1. The van der Waals surface area contributed by atoms with Gasteiger partial charge in [-0.05, 0) is 29.8 Å². The molecule has 0 saturated heterocycles. The maximum Gasteiger partial charge on any atom is 0.272 e. The number of hydrogen-bond donors (Lipinski definition) is 2. The van der Waals surface area contributed by atoms with Gasteiger partial charge in [0.1, 0.15) is 5.82 Å². The molecule has 0 aliphatic rings. The second-order valence-corrected chi connectivity index (χ2v) is 5.08. The lowest BCUT2D eigenvalue weighted by Gasteiger charge is -2.07. The molecule has 0 unspecified atom stereocenters. The predicted octanol–water partition coefficient (Wildman–Crippen LogP) is 3.29. The van der Waals surface area contributed by atoms with Crippen LogP contribution in [-0.2, 0) is 6.54 Å². The van der Waals surface area contributed by atoms with Crippen LogP contribution in [0.15, 0.2) is 66.7 Å². The molecular weight excluding hydrogens is 307 g/mol. The van der Waals surface area contributed by atoms with Crippen LogP contribution in [0.2, 0.25) is 0 Å². The van der Waals surface area contributed by atoms with Gasteiger partial charge in [0.2, 0.25) is 0 Å². The summed E-state index contributed by atoms with van der Waals surface area (Å²) in [5.74, 6) is -0.340. The average molecular weight is 322 g/mol. The fourth-order valence-electron chi connectivity index (χ4n) is 2.09. The van der Waals surface area contributed by atoms with Gasteiger partial charge in [-0.25, -0.2) is 4.39 Å². The van der Waals surface area contributed by atoms with Crippen LogP contribution in [0.4, 0.5) is 15.9 Å². The summed E-state index contributed by atoms with van der Waals surface area (Å²) < 4.78 is 13.6. The highest BCUT2D eigenvalue weighted by Crippen LogP contribution is 2.17. The lowest BCUT2D eigenvalue weighted by molar-refractivity contribution is 0.0945. The van der Waals surface area contributed by atoms with E-state index in [2.05, 4.69) is 20.8 Å². The van der Waals surface area contributed by atoms with Crippen LogP contribution < -0.4 is 10.6 Å². The summed E-state index contributed by atoms with van der Waals surface area (Å²) in [6, 6.07) is 19.0. The SMILES string of the molecule is O=C(NCc1ccccc1)c1ccc(Nc2ccccc2F)nn1. The van der Waals surface area contributed by atoms with Crippen molar-refractivity contribution in [2.75, 3.05) is 5.32 Å². The third-order valence-electron chi connectivity index (χ3n) is 3.33. The van der Waals surface area contributed by atoms with Crippen molar-refractivity contribution >= 4 is 17.4 Å². The van der Waals surface area contributed by atoms with Crippen molar-refractivity contribution in [2.24, 2.45) is 0 Å². The molecule has 2 N–H and O–H groups in total. The van der Waals surface area contributed by atoms with Gasteiger partial charge in [0, 0.05) is 6.54 Å². The zero-order valence-corrected chi connectivity index (χ0v) is 12.7. The van der Waals surface area contributed by atoms with E-state index in [9.17, 15) is 9.18 Å². The standard InChI is InChI=1S/C18H15FN4O/c19-14-8-4-5-9-15(14)21-17-11-10-16(22-23-17)18(24)20-12-13-6-2-1-3-7-13/h1-11H,12H2,(H,20,24)(H,21,23). The molecule has 3 aromatic rings. The fourth-order valence-corrected chi connectivity index (χ4v) is 2.09. The van der Waals surface area contributed by atoms with Crippen LogP contribution >= 0.6 is 0 Å². The second kappa shape index (κ2) is 7.32. The molecule has 0 bridgehead atoms. The molecule has 0 fully saturated rings. The Hall–Kier alpha value is -3.28. The number of nitrogens with zero attached hydrogens (tertiary/aromatic N) is 2. The molecule has 5 nitrogen and oxygen atoms in total. The van der Waals surface area contributed by atoms with Crippen molar-refractivity contribution < 1.29 is 9.18 Å². The van der Waals surface area contributed by atoms with Crippen molar-refractivity contribution in [3.8, 4) is 0 Å². The highest BCUT2D eigenvalue weighted by Gasteiger charge is 2.08. The number of benzene rings is 2. The van der Waals surface area contributed by atoms with E-state index < -0.39 is 0 Å². The van der Waals surface area contributed by atoms with Gasteiger partial charge >= 0.3 is 0 Å². The summed E-state index contributed by atoms with van der Waals surface area (Å²) in [4.78, 5) is 12.0. The summed E-state index contributed by atoms with van der Waals surface area (Å²) in [6.45, 7) is 0.413. The second-order valence-electron chi connectivity index (χ2n) is 5.08. The molecule has 1 amide bonds. The van der Waals surface area contributed by atoms with Crippen LogP contribution in [0.3, 0.4) is 0 Å². The number of carbonyl (C=O) groups is 1. The Bertz CT molecular complexity index is 822. The molecule has 24 heavy (non-hydrogen) atoms. The monoisotopic (exact) mass is 322 g/mol. The molecule has 0 spiro atoms. The third-order valence-corrected chi connectivity index (χ3v) is 3.33. The van der Waals surface area contributed by atoms with E-state index in [4.69, 9.17) is 0 Å². The van der Waals surface area contributed by atoms with Crippen molar-refractivity contribution in [2.45, 2.75) is 6.54 Å². The van der Waals surface area contributed by atoms with E-state index in [-0.39, 0.29) is 17.4 Å². The van der Waals surface area contributed by atoms with Crippen LogP contribution in [-0.4, -0.2) is 16.1 Å². The quantitative estimate of drug-likeness (QED) is 0.756. The van der Waals surface area contributed by atoms with E-state index in [1.165, 1.54) is 12.1 Å². The van der Waals surface area contributed by atoms with Gasteiger partial charge in [0.15, 0.2) is 11.5 Å². The van der Waals surface area contributed by atoms with E-state index in [0.29, 0.717) is 18.1 Å². The maximum absolute atomic E-state index is 13.6. The van der Waals surface area contributed by atoms with Crippen LogP contribution in [0, 0.1) is 5.82 Å². The molecule has 1 heterocycles. The zero-order valence-electron chi connectivity index (χ0n) is 12.7. The molecular formula is C18H15FN4O. The van der Waals surface area contributed by atoms with E-state index in [1.807, 2.05) is 30.3 Å². The maximum atomic E-state index is 13.6. The predicted molar refractivity (Wildman–Crippen MR) is 89.3 cm³/mol. The smallest absolute Gasteiger partial charge is 0.272 e. The fraction of sp³-hybridized carbons (Fsp3) is 0.0556. The summed E-state index contributed by atoms with van der Waals surface area (Å²) in [5.41, 5.74) is 1.50. The number of para-hydroxylation sites is 1. The Morgan fingerprint density at radius 1 is 0.917 bits per heavy atom. The number of anilines is 2. The Labute approximate surface area is 138 Å². The molecule has 2 aromatic carbocycles. The Balaban J connectivity index is 1.61. The van der Waals surface area contributed by atoms with Gasteiger partial charge in [-0.2, -0.15) is 0 Å². The molecule has 1 aromatic heterocycles. The number of nitrogens with one attached hydrogen (secondary N) is 2. The van der Waals surface area contributed by atoms with E-state index >= 15 is 0 Å². The Kier molecular flexibility index (Phi) is 4.76. The number of amides is 1. The largest absolute Gasteiger partial charge is 0.347 e. The Morgan fingerprint density at radius 3 is 2.38 bits per heavy atom. The molecule has 6 heteroatoms. The normalized spacial score (nSPS) is 10.2. The first-order chi connectivity index (χ1) is 11.7. The highest BCUT2D eigenvalue weighted by molar-refractivity contribution is 5.92. The zero-order chi connectivity index (χ0) is 16.8. The lowest BCUT2D eigenvalue weighted by Crippen LogP contribution is -2.24. The van der Waals surface area contributed by atoms with Gasteiger partial charge in [0.25, 0.3) is 5.91 Å². The first kappa shape index (κ1) is 15.6. The molecule has 3 rings (SSSR count). The summed E-state index contributed by atoms with van der Waals surface area (Å²) in [5, 5.41) is 13.4.